The predicted octanol–water partition coefficient (Wildman–Crippen LogP) is 3.58. The largest absolute Gasteiger partial charge is 0.476 e. The van der Waals surface area contributed by atoms with Gasteiger partial charge in [0.15, 0.2) is 5.71 Å². The Morgan fingerprint density at radius 3 is 2.14 bits per heavy atom. The summed E-state index contributed by atoms with van der Waals surface area (Å²) in [5.74, 6) is -0.953. The summed E-state index contributed by atoms with van der Waals surface area (Å²) >= 11 is 0. The molecule has 21 heavy (non-hydrogen) atoms. The zero-order valence-corrected chi connectivity index (χ0v) is 13.6. The van der Waals surface area contributed by atoms with Gasteiger partial charge in [0.05, 0.1) is 5.71 Å². The number of aliphatic carboxylic acids is 1. The summed E-state index contributed by atoms with van der Waals surface area (Å²) in [6.07, 6.45) is 6.35. The predicted molar refractivity (Wildman–Crippen MR) is 86.8 cm³/mol. The fraction of sp³-hybridized carbons (Fsp3) is 0.750. The van der Waals surface area contributed by atoms with Crippen molar-refractivity contribution in [3.8, 4) is 0 Å². The molecule has 0 spiro atoms. The fourth-order valence-electron chi connectivity index (χ4n) is 3.06. The van der Waals surface area contributed by atoms with E-state index in [9.17, 15) is 9.90 Å². The molecule has 0 amide bonds. The maximum atomic E-state index is 11.4. The third kappa shape index (κ3) is 5.40. The van der Waals surface area contributed by atoms with Crippen LogP contribution in [-0.4, -0.2) is 35.4 Å². The van der Waals surface area contributed by atoms with Crippen molar-refractivity contribution in [1.29, 1.82) is 5.41 Å². The number of carbonyl (C=O) groups is 1. The molecule has 0 aromatic heterocycles. The Morgan fingerprint density at radius 1 is 1.24 bits per heavy atom. The number of carboxylic acid groups (broad SMARTS) is 1. The molecule has 118 valence electrons. The van der Waals surface area contributed by atoms with Crippen LogP contribution < -0.4 is 0 Å². The molecular weight excluding hydrogens is 266 g/mol. The van der Waals surface area contributed by atoms with E-state index in [0.717, 1.165) is 38.5 Å². The van der Waals surface area contributed by atoms with E-state index in [4.69, 9.17) is 5.41 Å². The maximum Gasteiger partial charge on any atom is 0.356 e. The molecule has 1 rings (SSSR count). The minimum Gasteiger partial charge on any atom is -0.476 e. The van der Waals surface area contributed by atoms with Crippen molar-refractivity contribution in [3.63, 3.8) is 0 Å². The Balaban J connectivity index is 2.94. The molecule has 0 aromatic rings. The molecule has 0 radical (unpaired) electrons. The van der Waals surface area contributed by atoms with Crippen LogP contribution in [0, 0.1) is 16.7 Å². The van der Waals surface area contributed by atoms with Gasteiger partial charge in [-0.05, 0) is 38.0 Å². The van der Waals surface area contributed by atoms with E-state index in [2.05, 4.69) is 23.8 Å². The SMILES string of the molecule is C/N=C(\C(=N/C(C)=N)C(=O)O)C1CCCC(C)(C)CCC1. The first-order chi connectivity index (χ1) is 9.76. The van der Waals surface area contributed by atoms with Gasteiger partial charge in [-0.2, -0.15) is 0 Å². The Morgan fingerprint density at radius 2 is 1.76 bits per heavy atom. The molecule has 1 aliphatic rings. The van der Waals surface area contributed by atoms with E-state index >= 15 is 0 Å². The molecule has 0 unspecified atom stereocenters. The first-order valence-electron chi connectivity index (χ1n) is 7.61. The second-order valence-electron chi connectivity index (χ2n) is 6.61. The van der Waals surface area contributed by atoms with Crippen molar-refractivity contribution >= 4 is 23.2 Å². The van der Waals surface area contributed by atoms with Crippen LogP contribution in [0.4, 0.5) is 0 Å². The number of carboxylic acids is 1. The third-order valence-electron chi connectivity index (χ3n) is 4.16. The molecule has 0 bridgehead atoms. The Bertz CT molecular complexity index is 452. The number of rotatable bonds is 3. The van der Waals surface area contributed by atoms with Crippen molar-refractivity contribution in [2.24, 2.45) is 21.3 Å². The number of aliphatic imine (C=N–C) groups is 2. The van der Waals surface area contributed by atoms with Crippen LogP contribution in [0.5, 0.6) is 0 Å². The number of amidine groups is 1. The molecule has 0 atom stereocenters. The van der Waals surface area contributed by atoms with Gasteiger partial charge in [0.25, 0.3) is 0 Å². The molecule has 5 heteroatoms. The van der Waals surface area contributed by atoms with Gasteiger partial charge in [-0.1, -0.05) is 26.7 Å². The van der Waals surface area contributed by atoms with Crippen LogP contribution in [0.1, 0.15) is 59.3 Å². The number of hydrogen-bond donors (Lipinski definition) is 2. The van der Waals surface area contributed by atoms with Crippen molar-refractivity contribution in [2.45, 2.75) is 59.3 Å². The first-order valence-corrected chi connectivity index (χ1v) is 7.61. The van der Waals surface area contributed by atoms with Crippen molar-refractivity contribution in [2.75, 3.05) is 7.05 Å². The summed E-state index contributed by atoms with van der Waals surface area (Å²) in [6.45, 7) is 6.08. The van der Waals surface area contributed by atoms with Crippen LogP contribution >= 0.6 is 0 Å². The highest BCUT2D eigenvalue weighted by Gasteiger charge is 2.28. The molecule has 0 saturated heterocycles. The molecule has 1 fully saturated rings. The number of nitrogens with zero attached hydrogens (tertiary/aromatic N) is 2. The number of nitrogens with one attached hydrogen (secondary N) is 1. The van der Waals surface area contributed by atoms with Crippen LogP contribution in [-0.2, 0) is 4.79 Å². The van der Waals surface area contributed by atoms with E-state index in [1.165, 1.54) is 6.92 Å². The summed E-state index contributed by atoms with van der Waals surface area (Å²) in [5, 5.41) is 16.8. The lowest BCUT2D eigenvalue weighted by Crippen LogP contribution is -2.32. The van der Waals surface area contributed by atoms with E-state index in [1.54, 1.807) is 7.05 Å². The Kier molecular flexibility index (Phi) is 6.24. The van der Waals surface area contributed by atoms with E-state index in [0.29, 0.717) is 11.1 Å². The fourth-order valence-corrected chi connectivity index (χ4v) is 3.06. The standard InChI is InChI=1S/C16H27N3O2/c1-11(17)19-14(15(20)21)13(18-4)12-7-5-9-16(2,3)10-6-8-12/h12,17H,5-10H2,1-4H3,(H,20,21)/b17-11?,18-13-,19-14+. The molecule has 0 heterocycles. The summed E-state index contributed by atoms with van der Waals surface area (Å²) in [6, 6.07) is 0. The zero-order chi connectivity index (χ0) is 16.0. The topological polar surface area (TPSA) is 85.9 Å². The Hall–Kier alpha value is -1.52. The van der Waals surface area contributed by atoms with Gasteiger partial charge in [0.2, 0.25) is 0 Å². The average Bonchev–Trinajstić information content (AvgIpc) is 2.34. The zero-order valence-electron chi connectivity index (χ0n) is 13.6. The monoisotopic (exact) mass is 293 g/mol. The molecule has 1 saturated carbocycles. The summed E-state index contributed by atoms with van der Waals surface area (Å²) in [4.78, 5) is 19.5. The van der Waals surface area contributed by atoms with Gasteiger partial charge in [-0.25, -0.2) is 9.79 Å². The van der Waals surface area contributed by atoms with Crippen molar-refractivity contribution in [1.82, 2.24) is 0 Å². The van der Waals surface area contributed by atoms with Gasteiger partial charge in [0, 0.05) is 13.0 Å². The molecular formula is C16H27N3O2. The first kappa shape index (κ1) is 17.5. The second kappa shape index (κ2) is 7.48. The lowest BCUT2D eigenvalue weighted by atomic mass is 9.76. The quantitative estimate of drug-likeness (QED) is 0.615. The van der Waals surface area contributed by atoms with Crippen LogP contribution in [0.3, 0.4) is 0 Å². The minimum absolute atomic E-state index is 0.000488. The maximum absolute atomic E-state index is 11.4. The highest BCUT2D eigenvalue weighted by Crippen LogP contribution is 2.35. The van der Waals surface area contributed by atoms with Crippen LogP contribution in [0.15, 0.2) is 9.98 Å². The molecule has 0 aliphatic heterocycles. The summed E-state index contributed by atoms with van der Waals surface area (Å²) in [5.41, 5.74) is 0.868. The lowest BCUT2D eigenvalue weighted by Gasteiger charge is -2.30. The van der Waals surface area contributed by atoms with Gasteiger partial charge in [-0.3, -0.25) is 10.4 Å². The highest BCUT2D eigenvalue weighted by molar-refractivity contribution is 6.66. The van der Waals surface area contributed by atoms with Gasteiger partial charge < -0.3 is 5.11 Å². The summed E-state index contributed by atoms with van der Waals surface area (Å²) < 4.78 is 0. The Labute approximate surface area is 127 Å². The van der Waals surface area contributed by atoms with Crippen molar-refractivity contribution < 1.29 is 9.90 Å². The third-order valence-corrected chi connectivity index (χ3v) is 4.16. The van der Waals surface area contributed by atoms with Crippen LogP contribution in [0.25, 0.3) is 0 Å². The highest BCUT2D eigenvalue weighted by atomic mass is 16.4. The van der Waals surface area contributed by atoms with Crippen LogP contribution in [0.2, 0.25) is 0 Å². The van der Waals surface area contributed by atoms with Crippen molar-refractivity contribution in [3.05, 3.63) is 0 Å². The minimum atomic E-state index is -1.09. The van der Waals surface area contributed by atoms with Gasteiger partial charge in [0.1, 0.15) is 5.84 Å². The van der Waals surface area contributed by atoms with E-state index in [-0.39, 0.29) is 17.5 Å². The summed E-state index contributed by atoms with van der Waals surface area (Å²) in [7, 11) is 1.62. The normalized spacial score (nSPS) is 21.5. The van der Waals surface area contributed by atoms with Gasteiger partial charge >= 0.3 is 5.97 Å². The van der Waals surface area contributed by atoms with Gasteiger partial charge in [-0.15, -0.1) is 0 Å². The smallest absolute Gasteiger partial charge is 0.356 e. The molecule has 1 aliphatic carbocycles. The lowest BCUT2D eigenvalue weighted by molar-refractivity contribution is -0.129. The van der Waals surface area contributed by atoms with E-state index < -0.39 is 5.97 Å². The van der Waals surface area contributed by atoms with E-state index in [1.807, 2.05) is 0 Å². The molecule has 0 aromatic carbocycles. The average molecular weight is 293 g/mol. The molecule has 2 N–H and O–H groups in total. The molecule has 5 nitrogen and oxygen atoms in total. The number of hydrogen-bond acceptors (Lipinski definition) is 3. The second-order valence-corrected chi connectivity index (χ2v) is 6.61.